The maximum atomic E-state index is 13.0. The number of fused-ring (bicyclic) bond motifs is 2. The van der Waals surface area contributed by atoms with E-state index >= 15 is 0 Å². The van der Waals surface area contributed by atoms with E-state index in [1.54, 1.807) is 35.2 Å². The molecule has 1 N–H and O–H groups in total. The molecular formula is C19H22N2O5S. The lowest BCUT2D eigenvalue weighted by atomic mass is 9.82. The van der Waals surface area contributed by atoms with Crippen LogP contribution in [-0.2, 0) is 19.6 Å². The molecule has 2 aliphatic carbocycles. The maximum absolute atomic E-state index is 13.0. The molecule has 4 rings (SSSR count). The van der Waals surface area contributed by atoms with Gasteiger partial charge in [0.25, 0.3) is 0 Å². The van der Waals surface area contributed by atoms with Crippen LogP contribution in [0.5, 0.6) is 0 Å². The highest BCUT2D eigenvalue weighted by Crippen LogP contribution is 2.48. The smallest absolute Gasteiger partial charge is 0.307 e. The fourth-order valence-electron chi connectivity index (χ4n) is 4.60. The number of nitrogens with zero attached hydrogens (tertiary/aromatic N) is 2. The molecule has 1 aliphatic heterocycles. The number of carboxylic acids is 1. The van der Waals surface area contributed by atoms with Gasteiger partial charge in [0.1, 0.15) is 0 Å². The predicted molar refractivity (Wildman–Crippen MR) is 97.1 cm³/mol. The number of sulfonamides is 1. The Morgan fingerprint density at radius 2 is 1.52 bits per heavy atom. The fourth-order valence-corrected chi connectivity index (χ4v) is 6.04. The van der Waals surface area contributed by atoms with Gasteiger partial charge >= 0.3 is 5.97 Å². The summed E-state index contributed by atoms with van der Waals surface area (Å²) in [5.41, 5.74) is 0. The lowest BCUT2D eigenvalue weighted by Crippen LogP contribution is -2.53. The van der Waals surface area contributed by atoms with Crippen LogP contribution >= 0.6 is 0 Å². The average molecular weight is 390 g/mol. The molecule has 2 fully saturated rings. The molecule has 1 aromatic rings. The SMILES string of the molecule is O=C(O)[C@@H]1[C@H](C(=O)N2CCN(S(=O)(=O)c3ccccc3)CC2)[C@@H]2C=C[C@H]1C2. The minimum Gasteiger partial charge on any atom is -0.481 e. The zero-order valence-electron chi connectivity index (χ0n) is 14.8. The molecule has 1 saturated carbocycles. The molecule has 0 unspecified atom stereocenters. The van der Waals surface area contributed by atoms with E-state index in [1.807, 2.05) is 12.2 Å². The molecular weight excluding hydrogens is 368 g/mol. The standard InChI is InChI=1S/C19H22N2O5S/c22-18(16-13-6-7-14(12-13)17(16)19(23)24)20-8-10-21(11-9-20)27(25,26)15-4-2-1-3-5-15/h1-7,13-14,16-17H,8-12H2,(H,23,24)/t13-,14+,16-,17+/m1/s1. The van der Waals surface area contributed by atoms with Crippen LogP contribution in [0.3, 0.4) is 0 Å². The Hall–Kier alpha value is -2.19. The lowest BCUT2D eigenvalue weighted by molar-refractivity contribution is -0.151. The third-order valence-electron chi connectivity index (χ3n) is 5.96. The molecule has 0 aromatic heterocycles. The summed E-state index contributed by atoms with van der Waals surface area (Å²) in [5, 5.41) is 9.54. The van der Waals surface area contributed by atoms with Gasteiger partial charge in [-0.1, -0.05) is 30.4 Å². The second kappa shape index (κ2) is 6.76. The Kier molecular flexibility index (Phi) is 4.55. The first-order valence-corrected chi connectivity index (χ1v) is 10.6. The van der Waals surface area contributed by atoms with Crippen LogP contribution in [0, 0.1) is 23.7 Å². The minimum absolute atomic E-state index is 0.0188. The van der Waals surface area contributed by atoms with E-state index in [-0.39, 0.29) is 48.8 Å². The van der Waals surface area contributed by atoms with Gasteiger partial charge in [-0.25, -0.2) is 8.42 Å². The highest BCUT2D eigenvalue weighted by atomic mass is 32.2. The number of amides is 1. The quantitative estimate of drug-likeness (QED) is 0.775. The largest absolute Gasteiger partial charge is 0.481 e. The van der Waals surface area contributed by atoms with Crippen molar-refractivity contribution in [2.75, 3.05) is 26.2 Å². The van der Waals surface area contributed by atoms with Crippen molar-refractivity contribution in [2.24, 2.45) is 23.7 Å². The van der Waals surface area contributed by atoms with Gasteiger partial charge in [0, 0.05) is 26.2 Å². The summed E-state index contributed by atoms with van der Waals surface area (Å²) >= 11 is 0. The average Bonchev–Trinajstić information content (AvgIpc) is 3.29. The Bertz CT molecular complexity index is 875. The second-order valence-corrected chi connectivity index (χ2v) is 9.32. The summed E-state index contributed by atoms with van der Waals surface area (Å²) in [7, 11) is -3.57. The van der Waals surface area contributed by atoms with Gasteiger partial charge < -0.3 is 10.0 Å². The van der Waals surface area contributed by atoms with Crippen LogP contribution in [0.2, 0.25) is 0 Å². The number of piperazine rings is 1. The van der Waals surface area contributed by atoms with Crippen LogP contribution in [0.1, 0.15) is 6.42 Å². The fraction of sp³-hybridized carbons (Fsp3) is 0.474. The van der Waals surface area contributed by atoms with Crippen molar-refractivity contribution < 1.29 is 23.1 Å². The summed E-state index contributed by atoms with van der Waals surface area (Å²) in [4.78, 5) is 26.5. The van der Waals surface area contributed by atoms with Crippen molar-refractivity contribution in [1.82, 2.24) is 9.21 Å². The molecule has 0 spiro atoms. The molecule has 1 amide bonds. The Morgan fingerprint density at radius 1 is 0.926 bits per heavy atom. The lowest BCUT2D eigenvalue weighted by Gasteiger charge is -2.37. The van der Waals surface area contributed by atoms with E-state index in [4.69, 9.17) is 0 Å². The Balaban J connectivity index is 1.44. The van der Waals surface area contributed by atoms with Crippen molar-refractivity contribution in [3.8, 4) is 0 Å². The first-order chi connectivity index (χ1) is 12.9. The molecule has 4 atom stereocenters. The number of carbonyl (C=O) groups is 2. The zero-order chi connectivity index (χ0) is 19.2. The predicted octanol–water partition coefficient (Wildman–Crippen LogP) is 1.04. The Labute approximate surface area is 158 Å². The molecule has 8 heteroatoms. The molecule has 144 valence electrons. The topological polar surface area (TPSA) is 95.0 Å². The van der Waals surface area contributed by atoms with Gasteiger partial charge in [0.05, 0.1) is 16.7 Å². The van der Waals surface area contributed by atoms with Crippen LogP contribution in [0.15, 0.2) is 47.4 Å². The number of carboxylic acid groups (broad SMARTS) is 1. The summed E-state index contributed by atoms with van der Waals surface area (Å²) in [6.45, 7) is 1.01. The molecule has 7 nitrogen and oxygen atoms in total. The Morgan fingerprint density at radius 3 is 2.11 bits per heavy atom. The van der Waals surface area contributed by atoms with E-state index in [0.29, 0.717) is 0 Å². The second-order valence-electron chi connectivity index (χ2n) is 7.38. The molecule has 1 heterocycles. The van der Waals surface area contributed by atoms with Crippen molar-refractivity contribution in [3.05, 3.63) is 42.5 Å². The summed E-state index contributed by atoms with van der Waals surface area (Å²) in [6.07, 6.45) is 4.59. The van der Waals surface area contributed by atoms with Gasteiger partial charge in [-0.15, -0.1) is 0 Å². The molecule has 1 aromatic carbocycles. The van der Waals surface area contributed by atoms with Gasteiger partial charge in [0.15, 0.2) is 0 Å². The molecule has 2 bridgehead atoms. The number of benzene rings is 1. The normalized spacial score (nSPS) is 30.6. The van der Waals surface area contributed by atoms with Gasteiger partial charge in [0.2, 0.25) is 15.9 Å². The number of hydrogen-bond donors (Lipinski definition) is 1. The highest BCUT2D eigenvalue weighted by Gasteiger charge is 2.52. The molecule has 0 radical (unpaired) electrons. The van der Waals surface area contributed by atoms with Gasteiger partial charge in [-0.3, -0.25) is 9.59 Å². The third kappa shape index (κ3) is 3.06. The van der Waals surface area contributed by atoms with E-state index < -0.39 is 27.8 Å². The summed E-state index contributed by atoms with van der Waals surface area (Å²) in [6, 6.07) is 8.25. The van der Waals surface area contributed by atoms with Crippen molar-refractivity contribution in [3.63, 3.8) is 0 Å². The van der Waals surface area contributed by atoms with Crippen LogP contribution in [0.25, 0.3) is 0 Å². The van der Waals surface area contributed by atoms with E-state index in [1.165, 1.54) is 4.31 Å². The number of rotatable bonds is 4. The first-order valence-electron chi connectivity index (χ1n) is 9.14. The van der Waals surface area contributed by atoms with Crippen molar-refractivity contribution in [2.45, 2.75) is 11.3 Å². The van der Waals surface area contributed by atoms with Crippen LogP contribution in [0.4, 0.5) is 0 Å². The van der Waals surface area contributed by atoms with Gasteiger partial charge in [-0.05, 0) is 30.4 Å². The van der Waals surface area contributed by atoms with E-state index in [2.05, 4.69) is 0 Å². The number of hydrogen-bond acceptors (Lipinski definition) is 4. The number of allylic oxidation sites excluding steroid dienone is 2. The highest BCUT2D eigenvalue weighted by molar-refractivity contribution is 7.89. The monoisotopic (exact) mass is 390 g/mol. The maximum Gasteiger partial charge on any atom is 0.307 e. The van der Waals surface area contributed by atoms with E-state index in [0.717, 1.165) is 6.42 Å². The molecule has 3 aliphatic rings. The van der Waals surface area contributed by atoms with Gasteiger partial charge in [-0.2, -0.15) is 4.31 Å². The van der Waals surface area contributed by atoms with Crippen molar-refractivity contribution >= 4 is 21.9 Å². The number of carbonyl (C=O) groups excluding carboxylic acids is 1. The summed E-state index contributed by atoms with van der Waals surface area (Å²) < 4.78 is 26.8. The number of aliphatic carboxylic acids is 1. The first kappa shape index (κ1) is 18.2. The van der Waals surface area contributed by atoms with E-state index in [9.17, 15) is 23.1 Å². The van der Waals surface area contributed by atoms with Crippen LogP contribution < -0.4 is 0 Å². The molecule has 1 saturated heterocycles. The third-order valence-corrected chi connectivity index (χ3v) is 7.87. The minimum atomic E-state index is -3.57. The molecule has 27 heavy (non-hydrogen) atoms. The zero-order valence-corrected chi connectivity index (χ0v) is 15.6. The summed E-state index contributed by atoms with van der Waals surface area (Å²) in [5.74, 6) is -2.37. The van der Waals surface area contributed by atoms with Crippen molar-refractivity contribution in [1.29, 1.82) is 0 Å². The van der Waals surface area contributed by atoms with Crippen LogP contribution in [-0.4, -0.2) is 60.8 Å².